The lowest BCUT2D eigenvalue weighted by molar-refractivity contribution is -0.132. The van der Waals surface area contributed by atoms with Crippen LogP contribution in [0.1, 0.15) is 31.0 Å². The fourth-order valence-corrected chi connectivity index (χ4v) is 3.94. The molecule has 1 amide bonds. The predicted octanol–water partition coefficient (Wildman–Crippen LogP) is 6.14. The molecule has 4 rings (SSSR count). The molecule has 1 atom stereocenters. The van der Waals surface area contributed by atoms with Crippen molar-refractivity contribution in [3.63, 3.8) is 0 Å². The summed E-state index contributed by atoms with van der Waals surface area (Å²) in [6.45, 7) is 4.53. The van der Waals surface area contributed by atoms with Crippen LogP contribution in [0.25, 0.3) is 5.76 Å². The molecule has 3 aromatic rings. The van der Waals surface area contributed by atoms with Gasteiger partial charge in [-0.15, -0.1) is 0 Å². The molecule has 7 heteroatoms. The lowest BCUT2D eigenvalue weighted by atomic mass is 9.95. The van der Waals surface area contributed by atoms with Crippen molar-refractivity contribution in [3.05, 3.63) is 100 Å². The average Bonchev–Trinajstić information content (AvgIpc) is 3.09. The minimum atomic E-state index is -0.928. The maximum absolute atomic E-state index is 13.5. The molecule has 1 unspecified atom stereocenters. The van der Waals surface area contributed by atoms with Crippen molar-refractivity contribution in [1.29, 1.82) is 0 Å². The molecule has 0 bridgehead atoms. The SMILES string of the molecule is CC(C)COc1cccc(/C(O)=C2/C(=O)C(=O)N(c3ccc(F)cc3)C2c2ccc(Cl)cc2)c1. The van der Waals surface area contributed by atoms with E-state index in [0.717, 1.165) is 0 Å². The second-order valence-corrected chi connectivity index (χ2v) is 8.87. The van der Waals surface area contributed by atoms with Crippen LogP contribution >= 0.6 is 11.6 Å². The number of carbonyl (C=O) groups excluding carboxylic acids is 2. The molecule has 3 aromatic carbocycles. The molecular weight excluding hydrogens is 457 g/mol. The largest absolute Gasteiger partial charge is 0.507 e. The van der Waals surface area contributed by atoms with Crippen molar-refractivity contribution in [2.45, 2.75) is 19.9 Å². The van der Waals surface area contributed by atoms with E-state index in [-0.39, 0.29) is 11.3 Å². The van der Waals surface area contributed by atoms with Crippen LogP contribution in [0.4, 0.5) is 10.1 Å². The van der Waals surface area contributed by atoms with Crippen LogP contribution in [-0.4, -0.2) is 23.4 Å². The average molecular weight is 480 g/mol. The summed E-state index contributed by atoms with van der Waals surface area (Å²) in [4.78, 5) is 27.6. The fourth-order valence-electron chi connectivity index (χ4n) is 3.81. The number of hydrogen-bond acceptors (Lipinski definition) is 4. The van der Waals surface area contributed by atoms with Gasteiger partial charge in [-0.05, 0) is 60.0 Å². The third-order valence-corrected chi connectivity index (χ3v) is 5.68. The summed E-state index contributed by atoms with van der Waals surface area (Å²) >= 11 is 6.05. The minimum Gasteiger partial charge on any atom is -0.507 e. The first-order chi connectivity index (χ1) is 16.3. The van der Waals surface area contributed by atoms with Crippen LogP contribution in [0.2, 0.25) is 5.02 Å². The van der Waals surface area contributed by atoms with Gasteiger partial charge in [0.05, 0.1) is 18.2 Å². The summed E-state index contributed by atoms with van der Waals surface area (Å²) < 4.78 is 19.3. The van der Waals surface area contributed by atoms with Crippen molar-refractivity contribution in [3.8, 4) is 5.75 Å². The molecule has 1 N–H and O–H groups in total. The Bertz CT molecular complexity index is 1250. The van der Waals surface area contributed by atoms with Crippen molar-refractivity contribution in [1.82, 2.24) is 0 Å². The highest BCUT2D eigenvalue weighted by Gasteiger charge is 2.47. The molecule has 0 radical (unpaired) electrons. The molecule has 1 fully saturated rings. The van der Waals surface area contributed by atoms with E-state index in [1.54, 1.807) is 48.5 Å². The Balaban J connectivity index is 1.85. The molecule has 1 heterocycles. The van der Waals surface area contributed by atoms with Crippen LogP contribution in [0.15, 0.2) is 78.4 Å². The number of aliphatic hydroxyl groups excluding tert-OH is 1. The molecule has 174 valence electrons. The fraction of sp³-hybridized carbons (Fsp3) is 0.185. The monoisotopic (exact) mass is 479 g/mol. The zero-order chi connectivity index (χ0) is 24.4. The summed E-state index contributed by atoms with van der Waals surface area (Å²) in [5.41, 5.74) is 1.17. The van der Waals surface area contributed by atoms with Gasteiger partial charge in [0, 0.05) is 16.3 Å². The number of hydrogen-bond donors (Lipinski definition) is 1. The highest BCUT2D eigenvalue weighted by atomic mass is 35.5. The quantitative estimate of drug-likeness (QED) is 0.262. The first-order valence-electron chi connectivity index (χ1n) is 10.8. The number of amides is 1. The first-order valence-corrected chi connectivity index (χ1v) is 11.2. The number of aliphatic hydroxyl groups is 1. The van der Waals surface area contributed by atoms with Gasteiger partial charge in [-0.25, -0.2) is 4.39 Å². The summed E-state index contributed by atoms with van der Waals surface area (Å²) in [6, 6.07) is 17.7. The van der Waals surface area contributed by atoms with Crippen molar-refractivity contribution < 1.29 is 23.8 Å². The number of rotatable bonds is 6. The molecule has 1 aliphatic heterocycles. The number of ketones is 1. The summed E-state index contributed by atoms with van der Waals surface area (Å²) in [5, 5.41) is 11.7. The van der Waals surface area contributed by atoms with Crippen molar-refractivity contribution >= 4 is 34.7 Å². The van der Waals surface area contributed by atoms with E-state index in [1.807, 2.05) is 13.8 Å². The number of halogens is 2. The van der Waals surface area contributed by atoms with Crippen LogP contribution in [-0.2, 0) is 9.59 Å². The summed E-state index contributed by atoms with van der Waals surface area (Å²) in [5.74, 6) is -1.60. The number of ether oxygens (including phenoxy) is 1. The lowest BCUT2D eigenvalue weighted by Gasteiger charge is -2.25. The van der Waals surface area contributed by atoms with Gasteiger partial charge in [0.2, 0.25) is 0 Å². The first kappa shape index (κ1) is 23.5. The zero-order valence-corrected chi connectivity index (χ0v) is 19.4. The maximum atomic E-state index is 13.5. The number of carbonyl (C=O) groups is 2. The molecule has 0 aromatic heterocycles. The Kier molecular flexibility index (Phi) is 6.70. The van der Waals surface area contributed by atoms with E-state index >= 15 is 0 Å². The van der Waals surface area contributed by atoms with Gasteiger partial charge in [-0.3, -0.25) is 14.5 Å². The Morgan fingerprint density at radius 2 is 1.74 bits per heavy atom. The van der Waals surface area contributed by atoms with E-state index in [0.29, 0.717) is 40.1 Å². The molecule has 1 aliphatic rings. The van der Waals surface area contributed by atoms with Gasteiger partial charge in [-0.1, -0.05) is 49.7 Å². The summed E-state index contributed by atoms with van der Waals surface area (Å²) in [7, 11) is 0. The Morgan fingerprint density at radius 1 is 1.06 bits per heavy atom. The van der Waals surface area contributed by atoms with Crippen molar-refractivity contribution in [2.75, 3.05) is 11.5 Å². The molecule has 0 saturated carbocycles. The number of anilines is 1. The molecule has 5 nitrogen and oxygen atoms in total. The number of Topliss-reactive ketones (excluding diaryl/α,β-unsaturated/α-hetero) is 1. The van der Waals surface area contributed by atoms with Crippen LogP contribution < -0.4 is 9.64 Å². The molecule has 0 spiro atoms. The van der Waals surface area contributed by atoms with Crippen LogP contribution in [0.5, 0.6) is 5.75 Å². The van der Waals surface area contributed by atoms with Gasteiger partial charge in [-0.2, -0.15) is 0 Å². The van der Waals surface area contributed by atoms with Gasteiger partial charge in [0.15, 0.2) is 0 Å². The number of nitrogens with zero attached hydrogens (tertiary/aromatic N) is 1. The van der Waals surface area contributed by atoms with E-state index in [4.69, 9.17) is 16.3 Å². The zero-order valence-electron chi connectivity index (χ0n) is 18.7. The molecule has 34 heavy (non-hydrogen) atoms. The van der Waals surface area contributed by atoms with E-state index in [1.165, 1.54) is 29.2 Å². The van der Waals surface area contributed by atoms with Crippen molar-refractivity contribution in [2.24, 2.45) is 5.92 Å². The van der Waals surface area contributed by atoms with E-state index in [9.17, 15) is 19.1 Å². The smallest absolute Gasteiger partial charge is 0.300 e. The Hall–Kier alpha value is -3.64. The Labute approximate surface area is 202 Å². The van der Waals surface area contributed by atoms with E-state index < -0.39 is 23.5 Å². The van der Waals surface area contributed by atoms with Gasteiger partial charge in [0.25, 0.3) is 11.7 Å². The molecular formula is C27H23ClFNO4. The normalized spacial score (nSPS) is 17.4. The number of benzene rings is 3. The molecule has 0 aliphatic carbocycles. The highest BCUT2D eigenvalue weighted by molar-refractivity contribution is 6.51. The maximum Gasteiger partial charge on any atom is 0.300 e. The van der Waals surface area contributed by atoms with Crippen LogP contribution in [0, 0.1) is 11.7 Å². The second kappa shape index (κ2) is 9.69. The van der Waals surface area contributed by atoms with E-state index in [2.05, 4.69) is 0 Å². The predicted molar refractivity (Wildman–Crippen MR) is 129 cm³/mol. The third kappa shape index (κ3) is 4.68. The highest BCUT2D eigenvalue weighted by Crippen LogP contribution is 2.42. The van der Waals surface area contributed by atoms with Gasteiger partial charge >= 0.3 is 0 Å². The summed E-state index contributed by atoms with van der Waals surface area (Å²) in [6.07, 6.45) is 0. The second-order valence-electron chi connectivity index (χ2n) is 8.43. The van der Waals surface area contributed by atoms with Crippen LogP contribution in [0.3, 0.4) is 0 Å². The van der Waals surface area contributed by atoms with Gasteiger partial charge < -0.3 is 9.84 Å². The standard InChI is InChI=1S/C27H23ClFNO4/c1-16(2)15-34-22-5-3-4-18(14-22)25(31)23-24(17-6-8-19(28)9-7-17)30(27(33)26(23)32)21-12-10-20(29)11-13-21/h3-14,16,24,31H,15H2,1-2H3/b25-23-. The lowest BCUT2D eigenvalue weighted by Crippen LogP contribution is -2.29. The van der Waals surface area contributed by atoms with Gasteiger partial charge in [0.1, 0.15) is 17.3 Å². The Morgan fingerprint density at radius 3 is 2.38 bits per heavy atom. The minimum absolute atomic E-state index is 0.0716. The molecule has 1 saturated heterocycles. The topological polar surface area (TPSA) is 66.8 Å². The third-order valence-electron chi connectivity index (χ3n) is 5.43.